The van der Waals surface area contributed by atoms with Crippen molar-refractivity contribution >= 4 is 46.4 Å². The third kappa shape index (κ3) is 4.30. The summed E-state index contributed by atoms with van der Waals surface area (Å²) in [6.45, 7) is 2.51. The van der Waals surface area contributed by atoms with Crippen LogP contribution in [0.2, 0.25) is 5.02 Å². The summed E-state index contributed by atoms with van der Waals surface area (Å²) < 4.78 is 7.21. The molecule has 3 heterocycles. The highest BCUT2D eigenvalue weighted by atomic mass is 35.5. The number of hydrogen-bond acceptors (Lipinski definition) is 4. The molecule has 2 aliphatic heterocycles. The number of hydrogen-bond donors (Lipinski definition) is 1. The first kappa shape index (κ1) is 22.2. The Kier molecular flexibility index (Phi) is 6.08. The fraction of sp³-hybridized carbons (Fsp3) is 0.240. The lowest BCUT2D eigenvalue weighted by atomic mass is 10.1. The number of halogens is 1. The van der Waals surface area contributed by atoms with Crippen LogP contribution in [-0.4, -0.2) is 58.5 Å². The Hall–Kier alpha value is -3.62. The third-order valence-corrected chi connectivity index (χ3v) is 6.41. The second-order valence-electron chi connectivity index (χ2n) is 8.19. The maximum atomic E-state index is 13.0. The zero-order valence-corrected chi connectivity index (χ0v) is 19.1. The largest absolute Gasteiger partial charge is 0.378 e. The average molecular weight is 479 g/mol. The first-order valence-electron chi connectivity index (χ1n) is 11.0. The van der Waals surface area contributed by atoms with Crippen LogP contribution < -0.4 is 5.32 Å². The molecule has 8 nitrogen and oxygen atoms in total. The summed E-state index contributed by atoms with van der Waals surface area (Å²) in [7, 11) is 0. The number of urea groups is 1. The molecule has 0 atom stereocenters. The minimum absolute atomic E-state index is 0.0133. The first-order valence-corrected chi connectivity index (χ1v) is 11.4. The summed E-state index contributed by atoms with van der Waals surface area (Å²) in [4.78, 5) is 41.3. The molecule has 0 bridgehead atoms. The molecule has 0 radical (unpaired) electrons. The van der Waals surface area contributed by atoms with Crippen LogP contribution in [-0.2, 0) is 27.4 Å². The van der Waals surface area contributed by atoms with Crippen molar-refractivity contribution in [1.29, 1.82) is 0 Å². The molecule has 3 aromatic rings. The molecule has 2 saturated heterocycles. The zero-order chi connectivity index (χ0) is 23.7. The van der Waals surface area contributed by atoms with E-state index in [4.69, 9.17) is 16.3 Å². The number of ether oxygens (including phenoxy) is 1. The highest BCUT2D eigenvalue weighted by Crippen LogP contribution is 2.26. The van der Waals surface area contributed by atoms with Gasteiger partial charge in [0, 0.05) is 40.8 Å². The number of fused-ring (bicyclic) bond motifs is 1. The molecule has 2 aliphatic rings. The van der Waals surface area contributed by atoms with Gasteiger partial charge in [-0.05, 0) is 23.8 Å². The van der Waals surface area contributed by atoms with Gasteiger partial charge >= 0.3 is 6.03 Å². The van der Waals surface area contributed by atoms with Crippen LogP contribution in [0.15, 0.2) is 60.4 Å². The topological polar surface area (TPSA) is 83.9 Å². The van der Waals surface area contributed by atoms with Crippen LogP contribution >= 0.6 is 11.6 Å². The molecule has 174 valence electrons. The summed E-state index contributed by atoms with van der Waals surface area (Å²) in [6.07, 6.45) is 3.50. The number of para-hydroxylation sites is 1. The maximum Gasteiger partial charge on any atom is 0.329 e. The minimum Gasteiger partial charge on any atom is -0.378 e. The van der Waals surface area contributed by atoms with E-state index in [1.165, 1.54) is 0 Å². The monoisotopic (exact) mass is 478 g/mol. The van der Waals surface area contributed by atoms with Crippen molar-refractivity contribution in [2.24, 2.45) is 0 Å². The molecule has 5 rings (SSSR count). The second-order valence-corrected chi connectivity index (χ2v) is 8.60. The average Bonchev–Trinajstić information content (AvgIpc) is 3.33. The summed E-state index contributed by atoms with van der Waals surface area (Å²) in [5, 5.41) is 4.05. The van der Waals surface area contributed by atoms with Crippen molar-refractivity contribution in [2.45, 2.75) is 13.1 Å². The number of aromatic nitrogens is 1. The van der Waals surface area contributed by atoms with Gasteiger partial charge in [-0.3, -0.25) is 14.5 Å². The van der Waals surface area contributed by atoms with Crippen LogP contribution in [0.4, 0.5) is 4.79 Å². The van der Waals surface area contributed by atoms with Gasteiger partial charge in [0.2, 0.25) is 5.91 Å². The number of imide groups is 1. The van der Waals surface area contributed by atoms with Gasteiger partial charge in [0.1, 0.15) is 12.2 Å². The van der Waals surface area contributed by atoms with E-state index >= 15 is 0 Å². The fourth-order valence-corrected chi connectivity index (χ4v) is 4.44. The summed E-state index contributed by atoms with van der Waals surface area (Å²) in [6, 6.07) is 14.3. The highest BCUT2D eigenvalue weighted by Gasteiger charge is 2.34. The van der Waals surface area contributed by atoms with E-state index in [9.17, 15) is 14.4 Å². The molecule has 2 aromatic carbocycles. The normalized spacial score (nSPS) is 17.6. The number of carbonyl (C=O) groups excluding carboxylic acids is 3. The number of carbonyl (C=O) groups is 3. The van der Waals surface area contributed by atoms with Crippen molar-refractivity contribution in [3.63, 3.8) is 0 Å². The summed E-state index contributed by atoms with van der Waals surface area (Å²) in [5.74, 6) is -0.412. The number of rotatable bonds is 5. The van der Waals surface area contributed by atoms with Gasteiger partial charge in [-0.25, -0.2) is 4.79 Å². The predicted octanol–water partition coefficient (Wildman–Crippen LogP) is 3.25. The summed E-state index contributed by atoms with van der Waals surface area (Å²) >= 11 is 6.21. The Bertz CT molecular complexity index is 1310. The molecule has 1 N–H and O–H groups in total. The lowest BCUT2D eigenvalue weighted by molar-refractivity contribution is -0.135. The molecule has 0 saturated carbocycles. The van der Waals surface area contributed by atoms with E-state index in [1.54, 1.807) is 29.2 Å². The lowest BCUT2D eigenvalue weighted by Gasteiger charge is -2.27. The Morgan fingerprint density at radius 1 is 1.06 bits per heavy atom. The number of nitrogens with zero attached hydrogens (tertiary/aromatic N) is 3. The van der Waals surface area contributed by atoms with Crippen molar-refractivity contribution in [2.75, 3.05) is 26.3 Å². The van der Waals surface area contributed by atoms with Gasteiger partial charge in [0.15, 0.2) is 0 Å². The van der Waals surface area contributed by atoms with Crippen molar-refractivity contribution in [3.8, 4) is 0 Å². The zero-order valence-electron chi connectivity index (χ0n) is 18.4. The Balaban J connectivity index is 1.41. The fourth-order valence-electron chi connectivity index (χ4n) is 4.25. The Morgan fingerprint density at radius 3 is 2.59 bits per heavy atom. The number of benzene rings is 2. The molecule has 2 fully saturated rings. The van der Waals surface area contributed by atoms with Crippen molar-refractivity contribution < 1.29 is 19.1 Å². The van der Waals surface area contributed by atoms with E-state index in [0.29, 0.717) is 36.9 Å². The molecule has 34 heavy (non-hydrogen) atoms. The number of nitrogens with one attached hydrogen (secondary N) is 1. The maximum absolute atomic E-state index is 13.0. The third-order valence-electron chi connectivity index (χ3n) is 6.04. The number of amides is 4. The van der Waals surface area contributed by atoms with Gasteiger partial charge in [-0.1, -0.05) is 48.0 Å². The van der Waals surface area contributed by atoms with E-state index in [-0.39, 0.29) is 24.7 Å². The highest BCUT2D eigenvalue weighted by molar-refractivity contribution is 6.31. The van der Waals surface area contributed by atoms with Crippen LogP contribution in [0.5, 0.6) is 0 Å². The van der Waals surface area contributed by atoms with Gasteiger partial charge in [-0.15, -0.1) is 0 Å². The van der Waals surface area contributed by atoms with Crippen molar-refractivity contribution in [3.05, 3.63) is 76.6 Å². The molecule has 0 aliphatic carbocycles. The van der Waals surface area contributed by atoms with Gasteiger partial charge < -0.3 is 19.5 Å². The van der Waals surface area contributed by atoms with Gasteiger partial charge in [-0.2, -0.15) is 0 Å². The van der Waals surface area contributed by atoms with Gasteiger partial charge in [0.05, 0.1) is 19.8 Å². The minimum atomic E-state index is -0.498. The predicted molar refractivity (Wildman–Crippen MR) is 128 cm³/mol. The van der Waals surface area contributed by atoms with Crippen LogP contribution in [0, 0.1) is 0 Å². The molecule has 4 amide bonds. The van der Waals surface area contributed by atoms with Crippen LogP contribution in [0.1, 0.15) is 11.1 Å². The van der Waals surface area contributed by atoms with E-state index in [1.807, 2.05) is 41.1 Å². The van der Waals surface area contributed by atoms with Gasteiger partial charge in [0.25, 0.3) is 5.91 Å². The lowest BCUT2D eigenvalue weighted by Crippen LogP contribution is -2.42. The van der Waals surface area contributed by atoms with Crippen LogP contribution in [0.3, 0.4) is 0 Å². The first-order chi connectivity index (χ1) is 16.5. The summed E-state index contributed by atoms with van der Waals surface area (Å²) in [5.41, 5.74) is 2.49. The molecular formula is C25H23ClN4O4. The molecule has 1 aromatic heterocycles. The second kappa shape index (κ2) is 9.32. The van der Waals surface area contributed by atoms with E-state index in [0.717, 1.165) is 21.4 Å². The Morgan fingerprint density at radius 2 is 1.79 bits per heavy atom. The SMILES string of the molecule is O=C(Cn1cc(/C=C2\NC(=O)N(Cc3ccccc3Cl)C2=O)c2ccccc21)N1CCOCC1. The standard InChI is InChI=1S/C25H23ClN4O4/c26-20-7-3-1-5-17(20)15-30-24(32)21(27-25(30)33)13-18-14-29(22-8-4-2-6-19(18)22)16-23(31)28-9-11-34-12-10-28/h1-8,13-14H,9-12,15-16H2,(H,27,33)/b21-13-. The van der Waals surface area contributed by atoms with E-state index < -0.39 is 11.9 Å². The van der Waals surface area contributed by atoms with Crippen LogP contribution in [0.25, 0.3) is 17.0 Å². The molecular weight excluding hydrogens is 456 g/mol. The molecule has 0 unspecified atom stereocenters. The molecule has 9 heteroatoms. The van der Waals surface area contributed by atoms with E-state index in [2.05, 4.69) is 5.32 Å². The molecule has 0 spiro atoms. The Labute approximate surface area is 201 Å². The smallest absolute Gasteiger partial charge is 0.329 e. The van der Waals surface area contributed by atoms with Crippen molar-refractivity contribution in [1.82, 2.24) is 19.7 Å². The number of morpholine rings is 1. The quantitative estimate of drug-likeness (QED) is 0.450.